The number of rotatable bonds is 3. The summed E-state index contributed by atoms with van der Waals surface area (Å²) >= 11 is 5.95. The van der Waals surface area contributed by atoms with E-state index in [1.807, 2.05) is 13.8 Å². The van der Waals surface area contributed by atoms with Crippen LogP contribution in [0, 0.1) is 11.7 Å². The minimum Gasteiger partial charge on any atom is -0.343 e. The van der Waals surface area contributed by atoms with Crippen molar-refractivity contribution in [2.45, 2.75) is 26.4 Å². The van der Waals surface area contributed by atoms with Gasteiger partial charge in [0.05, 0.1) is 6.54 Å². The van der Waals surface area contributed by atoms with Gasteiger partial charge in [0.25, 0.3) is 0 Å². The number of halogens is 2. The van der Waals surface area contributed by atoms with Gasteiger partial charge in [-0.05, 0) is 23.6 Å². The van der Waals surface area contributed by atoms with Crippen LogP contribution >= 0.6 is 11.6 Å². The Balaban J connectivity index is 2.19. The van der Waals surface area contributed by atoms with E-state index in [-0.39, 0.29) is 35.8 Å². The van der Waals surface area contributed by atoms with E-state index in [1.54, 1.807) is 0 Å². The van der Waals surface area contributed by atoms with E-state index >= 15 is 0 Å². The molecule has 1 atom stereocenters. The van der Waals surface area contributed by atoms with E-state index < -0.39 is 11.9 Å². The Hall–Kier alpha value is -1.62. The van der Waals surface area contributed by atoms with Gasteiger partial charge in [-0.15, -0.1) is 0 Å². The summed E-state index contributed by atoms with van der Waals surface area (Å²) < 4.78 is 13.0. The number of nitrogens with one attached hydrogen (secondary N) is 1. The van der Waals surface area contributed by atoms with Crippen molar-refractivity contribution < 1.29 is 14.0 Å². The third-order valence-corrected chi connectivity index (χ3v) is 3.62. The number of amides is 2. The lowest BCUT2D eigenvalue weighted by Crippen LogP contribution is -2.59. The van der Waals surface area contributed by atoms with Crippen LogP contribution in [-0.2, 0) is 16.1 Å². The van der Waals surface area contributed by atoms with Crippen molar-refractivity contribution in [2.24, 2.45) is 5.92 Å². The molecule has 0 bridgehead atoms. The maximum Gasteiger partial charge on any atom is 0.246 e. The van der Waals surface area contributed by atoms with Gasteiger partial charge in [0.1, 0.15) is 11.9 Å². The van der Waals surface area contributed by atoms with Crippen molar-refractivity contribution in [1.82, 2.24) is 10.2 Å². The summed E-state index contributed by atoms with van der Waals surface area (Å²) in [7, 11) is 0. The molecule has 1 fully saturated rings. The Kier molecular flexibility index (Phi) is 4.28. The smallest absolute Gasteiger partial charge is 0.246 e. The van der Waals surface area contributed by atoms with Crippen molar-refractivity contribution in [3.05, 3.63) is 34.6 Å². The summed E-state index contributed by atoms with van der Waals surface area (Å²) in [5.74, 6) is -0.749. The maximum absolute atomic E-state index is 13.0. The SMILES string of the molecule is CC(C)C1NC(=O)CN(Cc2ccc(F)cc2Cl)C1=O. The van der Waals surface area contributed by atoms with Crippen LogP contribution in [0.15, 0.2) is 18.2 Å². The minimum absolute atomic E-state index is 0.00421. The third kappa shape index (κ3) is 3.10. The summed E-state index contributed by atoms with van der Waals surface area (Å²) in [5.41, 5.74) is 0.624. The molecule has 1 aromatic carbocycles. The Morgan fingerprint density at radius 3 is 2.75 bits per heavy atom. The standard InChI is InChI=1S/C14H16ClFN2O2/c1-8(2)13-14(20)18(7-12(19)17-13)6-9-3-4-10(16)5-11(9)15/h3-5,8,13H,6-7H2,1-2H3,(H,17,19). The van der Waals surface area contributed by atoms with Gasteiger partial charge in [0, 0.05) is 11.6 Å². The molecular weight excluding hydrogens is 283 g/mol. The molecule has 0 saturated carbocycles. The molecule has 108 valence electrons. The summed E-state index contributed by atoms with van der Waals surface area (Å²) in [6.07, 6.45) is 0. The van der Waals surface area contributed by atoms with Gasteiger partial charge in [0.15, 0.2) is 0 Å². The maximum atomic E-state index is 13.0. The van der Waals surface area contributed by atoms with Gasteiger partial charge < -0.3 is 10.2 Å². The molecule has 0 aliphatic carbocycles. The lowest BCUT2D eigenvalue weighted by Gasteiger charge is -2.34. The molecule has 20 heavy (non-hydrogen) atoms. The van der Waals surface area contributed by atoms with Crippen LogP contribution in [0.4, 0.5) is 4.39 Å². The van der Waals surface area contributed by atoms with Crippen LogP contribution in [0.1, 0.15) is 19.4 Å². The summed E-state index contributed by atoms with van der Waals surface area (Å²) in [6, 6.07) is 3.50. The molecule has 1 aromatic rings. The second-order valence-corrected chi connectivity index (χ2v) is 5.63. The zero-order chi connectivity index (χ0) is 14.9. The molecule has 1 aliphatic rings. The molecule has 2 rings (SSSR count). The van der Waals surface area contributed by atoms with Crippen LogP contribution in [0.3, 0.4) is 0 Å². The Labute approximate surface area is 121 Å². The average molecular weight is 299 g/mol. The number of nitrogens with zero attached hydrogens (tertiary/aromatic N) is 1. The first-order chi connectivity index (χ1) is 9.38. The highest BCUT2D eigenvalue weighted by Crippen LogP contribution is 2.21. The first kappa shape index (κ1) is 14.8. The van der Waals surface area contributed by atoms with Crippen molar-refractivity contribution in [2.75, 3.05) is 6.54 Å². The van der Waals surface area contributed by atoms with Crippen LogP contribution in [-0.4, -0.2) is 29.3 Å². The van der Waals surface area contributed by atoms with Crippen molar-refractivity contribution in [3.63, 3.8) is 0 Å². The van der Waals surface area contributed by atoms with Gasteiger partial charge in [-0.1, -0.05) is 31.5 Å². The third-order valence-electron chi connectivity index (χ3n) is 3.27. The largest absolute Gasteiger partial charge is 0.343 e. The number of carbonyl (C=O) groups is 2. The molecule has 6 heteroatoms. The first-order valence-corrected chi connectivity index (χ1v) is 6.78. The second-order valence-electron chi connectivity index (χ2n) is 5.22. The van der Waals surface area contributed by atoms with E-state index in [4.69, 9.17) is 11.6 Å². The second kappa shape index (κ2) is 5.79. The molecule has 1 saturated heterocycles. The number of carbonyl (C=O) groups excluding carboxylic acids is 2. The van der Waals surface area contributed by atoms with Crippen LogP contribution in [0.2, 0.25) is 5.02 Å². The van der Waals surface area contributed by atoms with Crippen molar-refractivity contribution in [1.29, 1.82) is 0 Å². The molecule has 1 heterocycles. The van der Waals surface area contributed by atoms with E-state index in [0.29, 0.717) is 5.56 Å². The van der Waals surface area contributed by atoms with Crippen LogP contribution in [0.5, 0.6) is 0 Å². The summed E-state index contributed by atoms with van der Waals surface area (Å²) in [4.78, 5) is 25.4. The highest BCUT2D eigenvalue weighted by atomic mass is 35.5. The summed E-state index contributed by atoms with van der Waals surface area (Å²) in [5, 5.41) is 2.94. The zero-order valence-electron chi connectivity index (χ0n) is 11.3. The van der Waals surface area contributed by atoms with Gasteiger partial charge in [-0.3, -0.25) is 9.59 Å². The fourth-order valence-corrected chi connectivity index (χ4v) is 2.40. The van der Waals surface area contributed by atoms with E-state index in [9.17, 15) is 14.0 Å². The lowest BCUT2D eigenvalue weighted by molar-refractivity contribution is -0.146. The predicted molar refractivity (Wildman–Crippen MR) is 73.6 cm³/mol. The van der Waals surface area contributed by atoms with Crippen LogP contribution < -0.4 is 5.32 Å². The van der Waals surface area contributed by atoms with Gasteiger partial charge in [-0.25, -0.2) is 4.39 Å². The van der Waals surface area contributed by atoms with E-state index in [2.05, 4.69) is 5.32 Å². The quantitative estimate of drug-likeness (QED) is 0.927. The highest BCUT2D eigenvalue weighted by molar-refractivity contribution is 6.31. The predicted octanol–water partition coefficient (Wildman–Crippen LogP) is 1.96. The van der Waals surface area contributed by atoms with Crippen molar-refractivity contribution >= 4 is 23.4 Å². The van der Waals surface area contributed by atoms with Gasteiger partial charge in [-0.2, -0.15) is 0 Å². The average Bonchev–Trinajstić information content (AvgIpc) is 2.36. The number of piperazine rings is 1. The van der Waals surface area contributed by atoms with Gasteiger partial charge >= 0.3 is 0 Å². The lowest BCUT2D eigenvalue weighted by atomic mass is 10.0. The first-order valence-electron chi connectivity index (χ1n) is 6.40. The molecule has 0 radical (unpaired) electrons. The zero-order valence-corrected chi connectivity index (χ0v) is 12.1. The molecule has 4 nitrogen and oxygen atoms in total. The normalized spacial score (nSPS) is 19.4. The Morgan fingerprint density at radius 1 is 1.45 bits per heavy atom. The minimum atomic E-state index is -0.518. The number of hydrogen-bond donors (Lipinski definition) is 1. The summed E-state index contributed by atoms with van der Waals surface area (Å²) in [6.45, 7) is 3.94. The molecule has 2 amide bonds. The van der Waals surface area contributed by atoms with Gasteiger partial charge in [0.2, 0.25) is 11.8 Å². The monoisotopic (exact) mass is 298 g/mol. The molecule has 1 aliphatic heterocycles. The fourth-order valence-electron chi connectivity index (χ4n) is 2.17. The molecular formula is C14H16ClFN2O2. The van der Waals surface area contributed by atoms with E-state index in [1.165, 1.54) is 23.1 Å². The molecule has 1 unspecified atom stereocenters. The topological polar surface area (TPSA) is 49.4 Å². The van der Waals surface area contributed by atoms with Crippen molar-refractivity contribution in [3.8, 4) is 0 Å². The molecule has 0 spiro atoms. The van der Waals surface area contributed by atoms with E-state index in [0.717, 1.165) is 0 Å². The highest BCUT2D eigenvalue weighted by Gasteiger charge is 2.34. The number of benzene rings is 1. The fraction of sp³-hybridized carbons (Fsp3) is 0.429. The Bertz CT molecular complexity index is 548. The molecule has 0 aromatic heterocycles. The molecule has 1 N–H and O–H groups in total. The van der Waals surface area contributed by atoms with Crippen LogP contribution in [0.25, 0.3) is 0 Å². The Morgan fingerprint density at radius 2 is 2.15 bits per heavy atom. The number of hydrogen-bond acceptors (Lipinski definition) is 2.